The van der Waals surface area contributed by atoms with Crippen LogP contribution in [0.3, 0.4) is 0 Å². The molecule has 184 valence electrons. The Kier molecular flexibility index (Phi) is 8.60. The first kappa shape index (κ1) is 24.9. The monoisotopic (exact) mass is 480 g/mol. The number of hydrogen-bond donors (Lipinski definition) is 2. The minimum Gasteiger partial charge on any atom is -0.497 e. The van der Waals surface area contributed by atoms with Gasteiger partial charge in [0.2, 0.25) is 0 Å². The maximum atomic E-state index is 12.6. The lowest BCUT2D eigenvalue weighted by Crippen LogP contribution is -2.19. The number of benzene rings is 4. The Morgan fingerprint density at radius 1 is 0.778 bits per heavy atom. The number of anilines is 2. The molecule has 0 aliphatic rings. The SMILES string of the molecule is CCCCc1cc(NC(=O)Nc2ccc(OC)cc2)ccc1OC(c1ccccc1)c1ccccc1. The molecule has 4 aromatic rings. The Bertz CT molecular complexity index is 1200. The average molecular weight is 481 g/mol. The predicted octanol–water partition coefficient (Wildman–Crippen LogP) is 7.85. The molecule has 0 fully saturated rings. The predicted molar refractivity (Wildman–Crippen MR) is 146 cm³/mol. The molecule has 0 aliphatic heterocycles. The van der Waals surface area contributed by atoms with Crippen molar-refractivity contribution in [3.05, 3.63) is 120 Å². The quantitative estimate of drug-likeness (QED) is 0.243. The third kappa shape index (κ3) is 6.66. The van der Waals surface area contributed by atoms with Crippen LogP contribution in [0, 0.1) is 0 Å². The number of methoxy groups -OCH3 is 1. The number of urea groups is 1. The highest BCUT2D eigenvalue weighted by Gasteiger charge is 2.18. The molecule has 2 amide bonds. The third-order valence-electron chi connectivity index (χ3n) is 5.92. The second kappa shape index (κ2) is 12.5. The molecular weight excluding hydrogens is 448 g/mol. The van der Waals surface area contributed by atoms with Crippen LogP contribution in [0.4, 0.5) is 16.2 Å². The summed E-state index contributed by atoms with van der Waals surface area (Å²) >= 11 is 0. The summed E-state index contributed by atoms with van der Waals surface area (Å²) in [6.45, 7) is 2.17. The smallest absolute Gasteiger partial charge is 0.323 e. The van der Waals surface area contributed by atoms with E-state index >= 15 is 0 Å². The molecule has 4 rings (SSSR count). The van der Waals surface area contributed by atoms with E-state index in [0.717, 1.165) is 53.1 Å². The lowest BCUT2D eigenvalue weighted by Gasteiger charge is -2.22. The van der Waals surface area contributed by atoms with Crippen LogP contribution < -0.4 is 20.1 Å². The normalized spacial score (nSPS) is 10.6. The lowest BCUT2D eigenvalue weighted by atomic mass is 10.0. The van der Waals surface area contributed by atoms with Gasteiger partial charge in [-0.05, 0) is 72.0 Å². The van der Waals surface area contributed by atoms with Gasteiger partial charge in [-0.25, -0.2) is 4.79 Å². The fraction of sp³-hybridized carbons (Fsp3) is 0.194. The lowest BCUT2D eigenvalue weighted by molar-refractivity contribution is 0.244. The molecule has 5 heteroatoms. The van der Waals surface area contributed by atoms with Gasteiger partial charge in [-0.1, -0.05) is 74.0 Å². The van der Waals surface area contributed by atoms with Gasteiger partial charge in [-0.15, -0.1) is 0 Å². The average Bonchev–Trinajstić information content (AvgIpc) is 2.92. The maximum Gasteiger partial charge on any atom is 0.323 e. The summed E-state index contributed by atoms with van der Waals surface area (Å²) in [5, 5.41) is 5.80. The molecule has 0 radical (unpaired) electrons. The van der Waals surface area contributed by atoms with Crippen molar-refractivity contribution in [2.45, 2.75) is 32.3 Å². The van der Waals surface area contributed by atoms with Crippen LogP contribution >= 0.6 is 0 Å². The molecule has 0 saturated carbocycles. The second-order valence-corrected chi connectivity index (χ2v) is 8.55. The first-order valence-electron chi connectivity index (χ1n) is 12.3. The Morgan fingerprint density at radius 2 is 1.36 bits per heavy atom. The molecule has 0 heterocycles. The minimum atomic E-state index is -0.304. The number of amides is 2. The molecule has 0 spiro atoms. The van der Waals surface area contributed by atoms with E-state index in [1.54, 1.807) is 31.4 Å². The fourth-order valence-corrected chi connectivity index (χ4v) is 4.01. The van der Waals surface area contributed by atoms with Gasteiger partial charge >= 0.3 is 6.03 Å². The Labute approximate surface area is 213 Å². The van der Waals surface area contributed by atoms with E-state index in [1.165, 1.54) is 0 Å². The molecule has 0 aliphatic carbocycles. The van der Waals surface area contributed by atoms with E-state index in [-0.39, 0.29) is 12.1 Å². The van der Waals surface area contributed by atoms with Crippen LogP contribution in [0.1, 0.15) is 42.6 Å². The Hall–Kier alpha value is -4.25. The molecule has 0 aromatic heterocycles. The van der Waals surface area contributed by atoms with Crippen LogP contribution in [0.15, 0.2) is 103 Å². The standard InChI is InChI=1S/C31H32N2O3/c1-3-4-11-25-22-27(33-31(34)32-26-16-19-28(35-2)20-17-26)18-21-29(25)36-30(23-12-7-5-8-13-23)24-14-9-6-10-15-24/h5-10,12-22,30H,3-4,11H2,1-2H3,(H2,32,33,34). The highest BCUT2D eigenvalue weighted by atomic mass is 16.5. The van der Waals surface area contributed by atoms with Crippen LogP contribution in [-0.4, -0.2) is 13.1 Å². The summed E-state index contributed by atoms with van der Waals surface area (Å²) in [4.78, 5) is 12.6. The molecule has 2 N–H and O–H groups in total. The fourth-order valence-electron chi connectivity index (χ4n) is 4.01. The van der Waals surface area contributed by atoms with Gasteiger partial charge in [0, 0.05) is 11.4 Å². The van der Waals surface area contributed by atoms with Gasteiger partial charge in [0.1, 0.15) is 17.6 Å². The highest BCUT2D eigenvalue weighted by molar-refractivity contribution is 5.99. The highest BCUT2D eigenvalue weighted by Crippen LogP contribution is 2.33. The minimum absolute atomic E-state index is 0.232. The zero-order valence-corrected chi connectivity index (χ0v) is 20.7. The van der Waals surface area contributed by atoms with Crippen molar-refractivity contribution < 1.29 is 14.3 Å². The molecule has 0 bridgehead atoms. The van der Waals surface area contributed by atoms with Crippen molar-refractivity contribution in [3.63, 3.8) is 0 Å². The Morgan fingerprint density at radius 3 is 1.94 bits per heavy atom. The molecule has 0 atom stereocenters. The number of carbonyl (C=O) groups is 1. The van der Waals surface area contributed by atoms with Gasteiger partial charge in [0.15, 0.2) is 0 Å². The van der Waals surface area contributed by atoms with Crippen molar-refractivity contribution in [3.8, 4) is 11.5 Å². The maximum absolute atomic E-state index is 12.6. The molecule has 36 heavy (non-hydrogen) atoms. The summed E-state index contributed by atoms with van der Waals surface area (Å²) in [7, 11) is 1.61. The number of hydrogen-bond acceptors (Lipinski definition) is 3. The zero-order valence-electron chi connectivity index (χ0n) is 20.7. The number of nitrogens with one attached hydrogen (secondary N) is 2. The number of carbonyl (C=O) groups excluding carboxylic acids is 1. The van der Waals surface area contributed by atoms with Crippen LogP contribution in [-0.2, 0) is 6.42 Å². The number of rotatable bonds is 10. The summed E-state index contributed by atoms with van der Waals surface area (Å²) < 4.78 is 11.8. The van der Waals surface area contributed by atoms with Gasteiger partial charge in [0.25, 0.3) is 0 Å². The van der Waals surface area contributed by atoms with Gasteiger partial charge in [0.05, 0.1) is 7.11 Å². The first-order chi connectivity index (χ1) is 17.7. The van der Waals surface area contributed by atoms with Crippen LogP contribution in [0.25, 0.3) is 0 Å². The van der Waals surface area contributed by atoms with E-state index < -0.39 is 0 Å². The van der Waals surface area contributed by atoms with Crippen molar-refractivity contribution >= 4 is 17.4 Å². The molecule has 4 aromatic carbocycles. The summed E-state index contributed by atoms with van der Waals surface area (Å²) in [6, 6.07) is 33.2. The topological polar surface area (TPSA) is 59.6 Å². The van der Waals surface area contributed by atoms with Gasteiger partial charge < -0.3 is 20.1 Å². The van der Waals surface area contributed by atoms with E-state index in [1.807, 2.05) is 54.6 Å². The first-order valence-corrected chi connectivity index (χ1v) is 12.3. The van der Waals surface area contributed by atoms with Gasteiger partial charge in [-0.3, -0.25) is 0 Å². The Balaban J connectivity index is 1.55. The largest absolute Gasteiger partial charge is 0.497 e. The van der Waals surface area contributed by atoms with Crippen molar-refractivity contribution in [1.82, 2.24) is 0 Å². The summed E-state index contributed by atoms with van der Waals surface area (Å²) in [5.74, 6) is 1.56. The van der Waals surface area contributed by atoms with E-state index in [0.29, 0.717) is 5.69 Å². The van der Waals surface area contributed by atoms with Crippen molar-refractivity contribution in [1.29, 1.82) is 0 Å². The molecule has 0 saturated heterocycles. The van der Waals surface area contributed by atoms with E-state index in [2.05, 4.69) is 41.8 Å². The third-order valence-corrected chi connectivity index (χ3v) is 5.92. The summed E-state index contributed by atoms with van der Waals surface area (Å²) in [5.41, 5.74) is 4.65. The van der Waals surface area contributed by atoms with Crippen LogP contribution in [0.2, 0.25) is 0 Å². The number of aryl methyl sites for hydroxylation is 1. The zero-order chi connectivity index (χ0) is 25.2. The van der Waals surface area contributed by atoms with Crippen molar-refractivity contribution in [2.24, 2.45) is 0 Å². The molecule has 0 unspecified atom stereocenters. The number of ether oxygens (including phenoxy) is 2. The van der Waals surface area contributed by atoms with E-state index in [9.17, 15) is 4.79 Å². The molecular formula is C31H32N2O3. The van der Waals surface area contributed by atoms with Crippen molar-refractivity contribution in [2.75, 3.05) is 17.7 Å². The molecule has 5 nitrogen and oxygen atoms in total. The van der Waals surface area contributed by atoms with Gasteiger partial charge in [-0.2, -0.15) is 0 Å². The number of unbranched alkanes of at least 4 members (excludes halogenated alkanes) is 1. The van der Waals surface area contributed by atoms with E-state index in [4.69, 9.17) is 9.47 Å². The van der Waals surface area contributed by atoms with Crippen LogP contribution in [0.5, 0.6) is 11.5 Å². The second-order valence-electron chi connectivity index (χ2n) is 8.55. The summed E-state index contributed by atoms with van der Waals surface area (Å²) in [6.07, 6.45) is 2.72.